The fraction of sp³-hybridized carbons (Fsp3) is 0.486. The molecule has 4 N–H and O–H groups in total. The average Bonchev–Trinajstić information content (AvgIpc) is 3.52. The summed E-state index contributed by atoms with van der Waals surface area (Å²) in [6.07, 6.45) is 4.13. The molecule has 51 heavy (non-hydrogen) atoms. The Kier molecular flexibility index (Phi) is 12.5. The molecule has 0 bridgehead atoms. The summed E-state index contributed by atoms with van der Waals surface area (Å²) in [7, 11) is 1.89. The largest absolute Gasteiger partial charge is 0.480 e. The summed E-state index contributed by atoms with van der Waals surface area (Å²) in [6, 6.07) is 8.01. The summed E-state index contributed by atoms with van der Waals surface area (Å²) >= 11 is 0. The number of likely N-dealkylation sites (tertiary alicyclic amines) is 1. The standard InChI is InChI=1S/C35H45N9O7/c1-22-14-18-43(28(45)13-16-36)20-27(22)42(5)29-25-15-19-44(30(25)39-21-38-29)33(49)40-24-11-9-23(10-12-24)31(46)41-26(32(47)48)8-6-7-17-37-34(50)51-35(2,3)4/h9-12,15,19,21-22,26-27H,6-8,13-14,17-18,20H2,1-5H3,(H,37,50)(H,40,49)(H,41,46)(H,47,48)/t22-,26?,27+/m1/s1. The molecule has 3 aromatic rings. The number of amides is 4. The predicted octanol–water partition coefficient (Wildman–Crippen LogP) is 3.98. The van der Waals surface area contributed by atoms with Crippen molar-refractivity contribution in [2.45, 2.75) is 77.5 Å². The van der Waals surface area contributed by atoms with Gasteiger partial charge in [-0.1, -0.05) is 6.92 Å². The number of nitrogens with zero attached hydrogens (tertiary/aromatic N) is 6. The van der Waals surface area contributed by atoms with E-state index in [0.717, 1.165) is 6.42 Å². The number of hydrogen-bond acceptors (Lipinski definition) is 10. The van der Waals surface area contributed by atoms with Crippen LogP contribution in [0.1, 0.15) is 70.2 Å². The fourth-order valence-electron chi connectivity index (χ4n) is 5.86. The van der Waals surface area contributed by atoms with E-state index in [1.165, 1.54) is 35.2 Å². The molecular formula is C35H45N9O7. The lowest BCUT2D eigenvalue weighted by molar-refractivity contribution is -0.139. The van der Waals surface area contributed by atoms with E-state index in [1.807, 2.05) is 18.0 Å². The van der Waals surface area contributed by atoms with Crippen LogP contribution in [-0.2, 0) is 14.3 Å². The first-order valence-corrected chi connectivity index (χ1v) is 16.8. The van der Waals surface area contributed by atoms with Crippen molar-refractivity contribution in [3.05, 3.63) is 48.4 Å². The molecule has 16 nitrogen and oxygen atoms in total. The molecule has 1 aromatic carbocycles. The number of carbonyl (C=O) groups is 5. The first-order chi connectivity index (χ1) is 24.2. The highest BCUT2D eigenvalue weighted by atomic mass is 16.6. The zero-order valence-corrected chi connectivity index (χ0v) is 29.5. The summed E-state index contributed by atoms with van der Waals surface area (Å²) in [5.41, 5.74) is 0.365. The van der Waals surface area contributed by atoms with Crippen LogP contribution < -0.4 is 20.9 Å². The van der Waals surface area contributed by atoms with E-state index in [1.54, 1.807) is 37.9 Å². The minimum absolute atomic E-state index is 0.0636. The number of nitriles is 1. The number of aliphatic carboxylic acids is 1. The Morgan fingerprint density at radius 2 is 1.84 bits per heavy atom. The molecule has 16 heteroatoms. The van der Waals surface area contributed by atoms with Crippen molar-refractivity contribution in [1.82, 2.24) is 30.1 Å². The van der Waals surface area contributed by atoms with Crippen LogP contribution in [0.4, 0.5) is 21.1 Å². The maximum atomic E-state index is 13.3. The van der Waals surface area contributed by atoms with Gasteiger partial charge in [0.15, 0.2) is 5.65 Å². The maximum Gasteiger partial charge on any atom is 0.407 e. The number of carboxylic acids is 1. The number of fused-ring (bicyclic) bond motifs is 1. The summed E-state index contributed by atoms with van der Waals surface area (Å²) in [6.45, 7) is 8.73. The zero-order chi connectivity index (χ0) is 37.3. The molecule has 1 aliphatic heterocycles. The summed E-state index contributed by atoms with van der Waals surface area (Å²) < 4.78 is 6.52. The van der Waals surface area contributed by atoms with Crippen LogP contribution in [-0.4, -0.2) is 98.8 Å². The molecule has 1 fully saturated rings. The van der Waals surface area contributed by atoms with Crippen LogP contribution in [0.3, 0.4) is 0 Å². The second kappa shape index (κ2) is 16.8. The van der Waals surface area contributed by atoms with Gasteiger partial charge in [-0.15, -0.1) is 0 Å². The molecule has 0 radical (unpaired) electrons. The van der Waals surface area contributed by atoms with Gasteiger partial charge in [0.05, 0.1) is 17.5 Å². The number of carboxylic acid groups (broad SMARTS) is 1. The Morgan fingerprint density at radius 1 is 1.12 bits per heavy atom. The average molecular weight is 704 g/mol. The molecule has 2 aromatic heterocycles. The minimum Gasteiger partial charge on any atom is -0.480 e. The van der Waals surface area contributed by atoms with Gasteiger partial charge in [-0.05, 0) is 82.7 Å². The molecule has 0 spiro atoms. The molecule has 3 heterocycles. The smallest absolute Gasteiger partial charge is 0.407 e. The first-order valence-electron chi connectivity index (χ1n) is 16.8. The number of benzene rings is 1. The van der Waals surface area contributed by atoms with E-state index in [-0.39, 0.29) is 36.3 Å². The summed E-state index contributed by atoms with van der Waals surface area (Å²) in [5.74, 6) is -1.11. The van der Waals surface area contributed by atoms with Crippen molar-refractivity contribution >= 4 is 52.4 Å². The van der Waals surface area contributed by atoms with Crippen LogP contribution in [0.15, 0.2) is 42.9 Å². The fourth-order valence-corrected chi connectivity index (χ4v) is 5.86. The van der Waals surface area contributed by atoms with Crippen molar-refractivity contribution < 1.29 is 33.8 Å². The minimum atomic E-state index is -1.18. The van der Waals surface area contributed by atoms with Crippen molar-refractivity contribution in [3.63, 3.8) is 0 Å². The normalized spacial score (nSPS) is 16.4. The van der Waals surface area contributed by atoms with Crippen LogP contribution >= 0.6 is 0 Å². The number of carbonyl (C=O) groups excluding carboxylic acids is 4. The number of likely N-dealkylation sites (N-methyl/N-ethyl adjacent to an activating group) is 1. The number of rotatable bonds is 12. The third kappa shape index (κ3) is 10.2. The van der Waals surface area contributed by atoms with Crippen LogP contribution in [0.5, 0.6) is 0 Å². The number of alkyl carbamates (subject to hydrolysis) is 1. The first kappa shape index (κ1) is 38.1. The molecule has 1 unspecified atom stereocenters. The van der Waals surface area contributed by atoms with E-state index in [2.05, 4.69) is 32.8 Å². The highest BCUT2D eigenvalue weighted by molar-refractivity contribution is 6.01. The third-order valence-electron chi connectivity index (χ3n) is 8.60. The van der Waals surface area contributed by atoms with E-state index in [9.17, 15) is 29.1 Å². The van der Waals surface area contributed by atoms with Crippen LogP contribution in [0.25, 0.3) is 11.0 Å². The molecule has 1 saturated heterocycles. The Balaban J connectivity index is 1.34. The lowest BCUT2D eigenvalue weighted by atomic mass is 9.92. The Bertz CT molecular complexity index is 1780. The van der Waals surface area contributed by atoms with E-state index in [0.29, 0.717) is 55.0 Å². The molecule has 0 saturated carbocycles. The van der Waals surface area contributed by atoms with Crippen LogP contribution in [0, 0.1) is 17.2 Å². The van der Waals surface area contributed by atoms with Gasteiger partial charge in [0.1, 0.15) is 30.2 Å². The number of aromatic nitrogens is 3. The van der Waals surface area contributed by atoms with Crippen molar-refractivity contribution in [3.8, 4) is 6.07 Å². The Labute approximate surface area is 296 Å². The second-order valence-corrected chi connectivity index (χ2v) is 13.5. The van der Waals surface area contributed by atoms with Gasteiger partial charge in [0.2, 0.25) is 5.91 Å². The number of unbranched alkanes of at least 4 members (excludes halogenated alkanes) is 1. The van der Waals surface area contributed by atoms with Gasteiger partial charge >= 0.3 is 18.1 Å². The highest BCUT2D eigenvalue weighted by Gasteiger charge is 2.33. The monoisotopic (exact) mass is 703 g/mol. The zero-order valence-electron chi connectivity index (χ0n) is 29.5. The molecule has 3 atom stereocenters. The number of piperidine rings is 1. The molecule has 272 valence electrons. The van der Waals surface area contributed by atoms with Crippen molar-refractivity contribution in [2.24, 2.45) is 5.92 Å². The van der Waals surface area contributed by atoms with Gasteiger partial charge in [-0.3, -0.25) is 14.2 Å². The van der Waals surface area contributed by atoms with Gasteiger partial charge in [0, 0.05) is 44.1 Å². The van der Waals surface area contributed by atoms with Gasteiger partial charge in [-0.25, -0.2) is 24.4 Å². The van der Waals surface area contributed by atoms with Gasteiger partial charge in [0.25, 0.3) is 5.91 Å². The van der Waals surface area contributed by atoms with E-state index >= 15 is 0 Å². The molecule has 4 amide bonds. The topological polar surface area (TPSA) is 212 Å². The number of hydrogen-bond donors (Lipinski definition) is 4. The lowest BCUT2D eigenvalue weighted by Crippen LogP contribution is -2.52. The van der Waals surface area contributed by atoms with Gasteiger partial charge in [-0.2, -0.15) is 5.26 Å². The quantitative estimate of drug-likeness (QED) is 0.198. The Morgan fingerprint density at radius 3 is 2.51 bits per heavy atom. The molecular weight excluding hydrogens is 658 g/mol. The maximum absolute atomic E-state index is 13.3. The molecule has 0 aliphatic carbocycles. The summed E-state index contributed by atoms with van der Waals surface area (Å²) in [4.78, 5) is 74.7. The third-order valence-corrected chi connectivity index (χ3v) is 8.60. The molecule has 1 aliphatic rings. The van der Waals surface area contributed by atoms with Crippen LogP contribution in [0.2, 0.25) is 0 Å². The lowest BCUT2D eigenvalue weighted by Gasteiger charge is -2.42. The molecule has 4 rings (SSSR count). The van der Waals surface area contributed by atoms with Crippen molar-refractivity contribution in [1.29, 1.82) is 5.26 Å². The summed E-state index contributed by atoms with van der Waals surface area (Å²) in [5, 5.41) is 27.2. The number of nitrogens with one attached hydrogen (secondary N) is 3. The highest BCUT2D eigenvalue weighted by Crippen LogP contribution is 2.30. The number of anilines is 2. The van der Waals surface area contributed by atoms with E-state index < -0.39 is 35.6 Å². The Hall–Kier alpha value is -5.72. The number of ether oxygens (including phenoxy) is 1. The van der Waals surface area contributed by atoms with E-state index in [4.69, 9.17) is 10.00 Å². The second-order valence-electron chi connectivity index (χ2n) is 13.5. The van der Waals surface area contributed by atoms with Gasteiger partial charge < -0.3 is 35.6 Å². The van der Waals surface area contributed by atoms with Crippen molar-refractivity contribution in [2.75, 3.05) is 36.9 Å². The SMILES string of the molecule is C[C@@H]1CCN(C(=O)CC#N)C[C@@H]1N(C)c1ncnc2c1ccn2C(=O)Nc1ccc(C(=O)NC(CCCCNC(=O)OC(C)(C)C)C(=O)O)cc1. The predicted molar refractivity (Wildman–Crippen MR) is 188 cm³/mol.